The normalized spacial score (nSPS) is 14.6. The molecular formula is C15H20N2O. The Bertz CT molecular complexity index is 517. The topological polar surface area (TPSA) is 48.1 Å². The van der Waals surface area contributed by atoms with E-state index in [9.17, 15) is 0 Å². The maximum absolute atomic E-state index is 6.33. The molecule has 0 saturated heterocycles. The van der Waals surface area contributed by atoms with Gasteiger partial charge in [-0.05, 0) is 37.5 Å². The van der Waals surface area contributed by atoms with Crippen LogP contribution < -0.4 is 5.73 Å². The lowest BCUT2D eigenvalue weighted by Crippen LogP contribution is -2.39. The smallest absolute Gasteiger partial charge is 0.0704 e. The Hall–Kier alpha value is -1.45. The predicted molar refractivity (Wildman–Crippen MR) is 74.5 cm³/mol. The first-order valence-corrected chi connectivity index (χ1v) is 6.23. The fraction of sp³-hybridized carbons (Fsp3) is 0.400. The Kier molecular flexibility index (Phi) is 3.94. The number of pyridine rings is 1. The van der Waals surface area contributed by atoms with Crippen molar-refractivity contribution in [2.45, 2.75) is 25.3 Å². The minimum atomic E-state index is -0.250. The highest BCUT2D eigenvalue weighted by atomic mass is 16.5. The number of benzene rings is 1. The molecule has 1 aromatic heterocycles. The number of para-hydroxylation sites is 1. The van der Waals surface area contributed by atoms with Gasteiger partial charge in [-0.3, -0.25) is 4.98 Å². The van der Waals surface area contributed by atoms with Crippen molar-refractivity contribution >= 4 is 10.9 Å². The van der Waals surface area contributed by atoms with E-state index in [1.54, 1.807) is 7.11 Å². The largest absolute Gasteiger partial charge is 0.385 e. The fourth-order valence-corrected chi connectivity index (χ4v) is 2.17. The van der Waals surface area contributed by atoms with E-state index in [-0.39, 0.29) is 5.54 Å². The maximum atomic E-state index is 6.33. The van der Waals surface area contributed by atoms with Crippen LogP contribution in [0.25, 0.3) is 10.9 Å². The van der Waals surface area contributed by atoms with E-state index in [0.29, 0.717) is 6.61 Å². The first kappa shape index (κ1) is 13.0. The average molecular weight is 244 g/mol. The molecule has 1 aromatic carbocycles. The summed E-state index contributed by atoms with van der Waals surface area (Å²) in [6, 6.07) is 10.2. The molecule has 0 saturated carbocycles. The van der Waals surface area contributed by atoms with Crippen molar-refractivity contribution in [1.29, 1.82) is 0 Å². The molecule has 1 atom stereocenters. The van der Waals surface area contributed by atoms with Crippen LogP contribution in [0, 0.1) is 0 Å². The number of rotatable bonds is 5. The van der Waals surface area contributed by atoms with Crippen molar-refractivity contribution in [2.75, 3.05) is 13.7 Å². The molecule has 3 nitrogen and oxygen atoms in total. The molecule has 2 aromatic rings. The van der Waals surface area contributed by atoms with E-state index < -0.39 is 0 Å². The Morgan fingerprint density at radius 3 is 2.83 bits per heavy atom. The third-order valence-electron chi connectivity index (χ3n) is 3.21. The Balaban J connectivity index is 2.26. The lowest BCUT2D eigenvalue weighted by atomic mass is 9.89. The Morgan fingerprint density at radius 2 is 2.06 bits per heavy atom. The van der Waals surface area contributed by atoms with Crippen molar-refractivity contribution in [2.24, 2.45) is 5.73 Å². The summed E-state index contributed by atoms with van der Waals surface area (Å²) in [7, 11) is 1.71. The highest BCUT2D eigenvalue weighted by Gasteiger charge is 2.19. The molecule has 0 aliphatic carbocycles. The number of hydrogen-bond acceptors (Lipinski definition) is 3. The Morgan fingerprint density at radius 1 is 1.28 bits per heavy atom. The van der Waals surface area contributed by atoms with Crippen LogP contribution in [-0.2, 0) is 11.2 Å². The number of methoxy groups -OCH3 is 1. The lowest BCUT2D eigenvalue weighted by Gasteiger charge is -2.25. The molecule has 1 heterocycles. The van der Waals surface area contributed by atoms with Crippen LogP contribution in [0.3, 0.4) is 0 Å². The number of nitrogens with two attached hydrogens (primary N) is 1. The van der Waals surface area contributed by atoms with Crippen LogP contribution in [-0.4, -0.2) is 24.2 Å². The van der Waals surface area contributed by atoms with Gasteiger partial charge in [-0.2, -0.15) is 0 Å². The molecule has 0 radical (unpaired) electrons. The van der Waals surface area contributed by atoms with Crippen molar-refractivity contribution < 1.29 is 4.74 Å². The third kappa shape index (κ3) is 3.06. The van der Waals surface area contributed by atoms with Crippen LogP contribution in [0.15, 0.2) is 36.5 Å². The number of aromatic nitrogens is 1. The first-order valence-electron chi connectivity index (χ1n) is 6.23. The van der Waals surface area contributed by atoms with Crippen LogP contribution in [0.2, 0.25) is 0 Å². The van der Waals surface area contributed by atoms with Gasteiger partial charge in [-0.15, -0.1) is 0 Å². The molecule has 2 N–H and O–H groups in total. The van der Waals surface area contributed by atoms with Crippen LogP contribution in [0.5, 0.6) is 0 Å². The SMILES string of the molecule is COCCC(C)(N)Cc1ccnc2ccccc12. The van der Waals surface area contributed by atoms with Crippen molar-refractivity contribution in [3.05, 3.63) is 42.1 Å². The molecule has 0 aliphatic heterocycles. The fourth-order valence-electron chi connectivity index (χ4n) is 2.17. The molecule has 0 spiro atoms. The van der Waals surface area contributed by atoms with E-state index in [4.69, 9.17) is 10.5 Å². The zero-order valence-corrected chi connectivity index (χ0v) is 11.0. The standard InChI is InChI=1S/C15H20N2O/c1-15(16,8-10-18-2)11-12-7-9-17-14-6-4-3-5-13(12)14/h3-7,9H,8,10-11,16H2,1-2H3. The summed E-state index contributed by atoms with van der Waals surface area (Å²) >= 11 is 0. The molecule has 0 aliphatic rings. The van der Waals surface area contributed by atoms with Gasteiger partial charge in [0.05, 0.1) is 5.52 Å². The van der Waals surface area contributed by atoms with Gasteiger partial charge in [0.2, 0.25) is 0 Å². The van der Waals surface area contributed by atoms with Gasteiger partial charge in [-0.1, -0.05) is 18.2 Å². The second kappa shape index (κ2) is 5.46. The van der Waals surface area contributed by atoms with E-state index >= 15 is 0 Å². The number of hydrogen-bond donors (Lipinski definition) is 1. The highest BCUT2D eigenvalue weighted by molar-refractivity contribution is 5.81. The summed E-state index contributed by atoms with van der Waals surface area (Å²) in [5.41, 5.74) is 8.35. The second-order valence-corrected chi connectivity index (χ2v) is 5.06. The molecule has 1 unspecified atom stereocenters. The number of fused-ring (bicyclic) bond motifs is 1. The first-order chi connectivity index (χ1) is 8.62. The quantitative estimate of drug-likeness (QED) is 0.879. The van der Waals surface area contributed by atoms with E-state index in [1.807, 2.05) is 24.4 Å². The van der Waals surface area contributed by atoms with Crippen molar-refractivity contribution in [3.8, 4) is 0 Å². The van der Waals surface area contributed by atoms with Crippen molar-refractivity contribution in [1.82, 2.24) is 4.98 Å². The van der Waals surface area contributed by atoms with E-state index in [0.717, 1.165) is 18.4 Å². The van der Waals surface area contributed by atoms with Gasteiger partial charge in [-0.25, -0.2) is 0 Å². The summed E-state index contributed by atoms with van der Waals surface area (Å²) in [6.45, 7) is 2.76. The molecule has 96 valence electrons. The molecule has 2 rings (SSSR count). The minimum Gasteiger partial charge on any atom is -0.385 e. The van der Waals surface area contributed by atoms with Crippen LogP contribution in [0.4, 0.5) is 0 Å². The van der Waals surface area contributed by atoms with Crippen LogP contribution >= 0.6 is 0 Å². The average Bonchev–Trinajstić information content (AvgIpc) is 2.37. The maximum Gasteiger partial charge on any atom is 0.0704 e. The molecular weight excluding hydrogens is 224 g/mol. The van der Waals surface area contributed by atoms with Crippen molar-refractivity contribution in [3.63, 3.8) is 0 Å². The van der Waals surface area contributed by atoms with Gasteiger partial charge in [0, 0.05) is 30.8 Å². The summed E-state index contributed by atoms with van der Waals surface area (Å²) in [5, 5.41) is 1.19. The lowest BCUT2D eigenvalue weighted by molar-refractivity contribution is 0.172. The number of ether oxygens (including phenoxy) is 1. The predicted octanol–water partition coefficient (Wildman–Crippen LogP) is 2.53. The second-order valence-electron chi connectivity index (χ2n) is 5.06. The van der Waals surface area contributed by atoms with E-state index in [2.05, 4.69) is 24.0 Å². The van der Waals surface area contributed by atoms with Gasteiger partial charge >= 0.3 is 0 Å². The Labute approximate surface area is 108 Å². The minimum absolute atomic E-state index is 0.250. The summed E-state index contributed by atoms with van der Waals surface area (Å²) in [4.78, 5) is 4.37. The van der Waals surface area contributed by atoms with Gasteiger partial charge < -0.3 is 10.5 Å². The highest BCUT2D eigenvalue weighted by Crippen LogP contribution is 2.21. The van der Waals surface area contributed by atoms with Gasteiger partial charge in [0.25, 0.3) is 0 Å². The molecule has 18 heavy (non-hydrogen) atoms. The van der Waals surface area contributed by atoms with E-state index in [1.165, 1.54) is 10.9 Å². The molecule has 3 heteroatoms. The van der Waals surface area contributed by atoms with Gasteiger partial charge in [0.15, 0.2) is 0 Å². The monoisotopic (exact) mass is 244 g/mol. The summed E-state index contributed by atoms with van der Waals surface area (Å²) < 4.78 is 5.11. The zero-order valence-electron chi connectivity index (χ0n) is 11.0. The molecule has 0 bridgehead atoms. The molecule has 0 fully saturated rings. The number of nitrogens with zero attached hydrogens (tertiary/aromatic N) is 1. The summed E-state index contributed by atoms with van der Waals surface area (Å²) in [5.74, 6) is 0. The molecule has 0 amide bonds. The van der Waals surface area contributed by atoms with Crippen LogP contribution in [0.1, 0.15) is 18.9 Å². The zero-order chi connectivity index (χ0) is 13.0. The summed E-state index contributed by atoms with van der Waals surface area (Å²) in [6.07, 6.45) is 3.53. The third-order valence-corrected chi connectivity index (χ3v) is 3.21. The van der Waals surface area contributed by atoms with Gasteiger partial charge in [0.1, 0.15) is 0 Å².